The van der Waals surface area contributed by atoms with Gasteiger partial charge in [0.1, 0.15) is 18.2 Å². The predicted octanol–water partition coefficient (Wildman–Crippen LogP) is 3.59. The monoisotopic (exact) mass is 344 g/mol. The number of piperidine rings is 1. The van der Waals surface area contributed by atoms with Gasteiger partial charge in [-0.05, 0) is 38.3 Å². The minimum atomic E-state index is 0.00917. The van der Waals surface area contributed by atoms with Crippen molar-refractivity contribution in [1.82, 2.24) is 9.88 Å². The summed E-state index contributed by atoms with van der Waals surface area (Å²) in [7, 11) is 0. The van der Waals surface area contributed by atoms with E-state index >= 15 is 0 Å². The first-order valence-corrected chi connectivity index (χ1v) is 9.23. The van der Waals surface area contributed by atoms with E-state index in [4.69, 9.17) is 9.47 Å². The van der Waals surface area contributed by atoms with E-state index in [1.165, 1.54) is 0 Å². The lowest BCUT2D eigenvalue weighted by Crippen LogP contribution is -2.39. The van der Waals surface area contributed by atoms with Crippen molar-refractivity contribution in [2.45, 2.75) is 32.2 Å². The molecule has 4 rings (SSSR count). The molecule has 2 aliphatic heterocycles. The molecular weight excluding hydrogens is 324 g/mol. The first-order chi connectivity index (χ1) is 11.7. The second kappa shape index (κ2) is 6.43. The minimum Gasteiger partial charge on any atom is -0.486 e. The van der Waals surface area contributed by atoms with Crippen molar-refractivity contribution in [2.24, 2.45) is 0 Å². The van der Waals surface area contributed by atoms with Crippen molar-refractivity contribution in [1.29, 1.82) is 0 Å². The number of thiazole rings is 1. The fraction of sp³-hybridized carbons (Fsp3) is 0.444. The van der Waals surface area contributed by atoms with E-state index in [0.717, 1.165) is 36.5 Å². The molecule has 5 nitrogen and oxygen atoms in total. The number of aryl methyl sites for hydroxylation is 1. The molecule has 0 radical (unpaired) electrons. The van der Waals surface area contributed by atoms with E-state index in [1.807, 2.05) is 35.4 Å². The van der Waals surface area contributed by atoms with Gasteiger partial charge < -0.3 is 14.4 Å². The van der Waals surface area contributed by atoms with Crippen molar-refractivity contribution in [3.63, 3.8) is 0 Å². The molecule has 24 heavy (non-hydrogen) atoms. The number of benzene rings is 1. The minimum absolute atomic E-state index is 0.00917. The van der Waals surface area contributed by atoms with Gasteiger partial charge in [-0.25, -0.2) is 4.98 Å². The number of likely N-dealkylation sites (tertiary alicyclic amines) is 1. The zero-order valence-electron chi connectivity index (χ0n) is 13.7. The van der Waals surface area contributed by atoms with Gasteiger partial charge in [-0.3, -0.25) is 4.79 Å². The highest BCUT2D eigenvalue weighted by Crippen LogP contribution is 2.38. The van der Waals surface area contributed by atoms with Crippen LogP contribution in [0.2, 0.25) is 0 Å². The highest BCUT2D eigenvalue weighted by molar-refractivity contribution is 7.09. The Morgan fingerprint density at radius 3 is 3.00 bits per heavy atom. The number of carbonyl (C=O) groups is 1. The number of amides is 1. The molecule has 1 fully saturated rings. The summed E-state index contributed by atoms with van der Waals surface area (Å²) in [5, 5.41) is 3.08. The third-order valence-corrected chi connectivity index (χ3v) is 5.55. The maximum absolute atomic E-state index is 13.2. The molecule has 2 aliphatic rings. The van der Waals surface area contributed by atoms with Crippen LogP contribution in [0.1, 0.15) is 46.4 Å². The molecule has 1 aromatic heterocycles. The smallest absolute Gasteiger partial charge is 0.258 e. The number of rotatable bonds is 2. The van der Waals surface area contributed by atoms with E-state index < -0.39 is 0 Å². The Balaban J connectivity index is 1.67. The Morgan fingerprint density at radius 2 is 2.17 bits per heavy atom. The molecule has 126 valence electrons. The van der Waals surface area contributed by atoms with Gasteiger partial charge in [0, 0.05) is 17.6 Å². The summed E-state index contributed by atoms with van der Waals surface area (Å²) in [6, 6.07) is 5.59. The molecule has 6 heteroatoms. The van der Waals surface area contributed by atoms with E-state index in [0.29, 0.717) is 30.3 Å². The number of carbonyl (C=O) groups excluding carboxylic acids is 1. The molecule has 0 aliphatic carbocycles. The Morgan fingerprint density at radius 1 is 1.29 bits per heavy atom. The zero-order valence-corrected chi connectivity index (χ0v) is 14.5. The first-order valence-electron chi connectivity index (χ1n) is 8.35. The molecule has 3 heterocycles. The quantitative estimate of drug-likeness (QED) is 0.835. The van der Waals surface area contributed by atoms with Crippen molar-refractivity contribution in [3.05, 3.63) is 39.8 Å². The number of fused-ring (bicyclic) bond motifs is 1. The Hall–Kier alpha value is -2.08. The molecule has 1 aromatic carbocycles. The molecule has 1 unspecified atom stereocenters. The summed E-state index contributed by atoms with van der Waals surface area (Å²) in [5.41, 5.74) is 1.61. The van der Waals surface area contributed by atoms with Crippen LogP contribution in [-0.2, 0) is 0 Å². The van der Waals surface area contributed by atoms with Crippen LogP contribution < -0.4 is 9.47 Å². The Kier molecular flexibility index (Phi) is 4.14. The number of para-hydroxylation sites is 1. The second-order valence-corrected chi connectivity index (χ2v) is 7.06. The maximum Gasteiger partial charge on any atom is 0.258 e. The van der Waals surface area contributed by atoms with Crippen molar-refractivity contribution in [2.75, 3.05) is 19.8 Å². The highest BCUT2D eigenvalue weighted by atomic mass is 32.1. The van der Waals surface area contributed by atoms with Crippen molar-refractivity contribution in [3.8, 4) is 11.5 Å². The number of hydrogen-bond acceptors (Lipinski definition) is 5. The lowest BCUT2D eigenvalue weighted by atomic mass is 10.0. The SMILES string of the molecule is Cc1csc(C2CCCCN2C(=O)c2cccc3c2OCCO3)n1. The van der Waals surface area contributed by atoms with Crippen LogP contribution in [0, 0.1) is 6.92 Å². The van der Waals surface area contributed by atoms with Gasteiger partial charge in [0.25, 0.3) is 5.91 Å². The fourth-order valence-corrected chi connectivity index (χ4v) is 4.30. The van der Waals surface area contributed by atoms with E-state index in [2.05, 4.69) is 4.98 Å². The van der Waals surface area contributed by atoms with Crippen LogP contribution in [0.5, 0.6) is 11.5 Å². The maximum atomic E-state index is 13.2. The van der Waals surface area contributed by atoms with Crippen molar-refractivity contribution >= 4 is 17.2 Å². The fourth-order valence-electron chi connectivity index (χ4n) is 3.35. The molecule has 2 aromatic rings. The average Bonchev–Trinajstić information content (AvgIpc) is 3.07. The number of ether oxygens (including phenoxy) is 2. The highest BCUT2D eigenvalue weighted by Gasteiger charge is 2.33. The topological polar surface area (TPSA) is 51.7 Å². The van der Waals surface area contributed by atoms with Crippen LogP contribution in [0.25, 0.3) is 0 Å². The van der Waals surface area contributed by atoms with Crippen LogP contribution in [0.4, 0.5) is 0 Å². The zero-order chi connectivity index (χ0) is 16.5. The molecule has 1 saturated heterocycles. The van der Waals surface area contributed by atoms with Gasteiger partial charge in [0.2, 0.25) is 0 Å². The number of aromatic nitrogens is 1. The van der Waals surface area contributed by atoms with E-state index in [-0.39, 0.29) is 11.9 Å². The number of hydrogen-bond donors (Lipinski definition) is 0. The predicted molar refractivity (Wildman–Crippen MR) is 91.9 cm³/mol. The second-order valence-electron chi connectivity index (χ2n) is 6.17. The summed E-state index contributed by atoms with van der Waals surface area (Å²) in [6.07, 6.45) is 3.11. The summed E-state index contributed by atoms with van der Waals surface area (Å²) < 4.78 is 11.3. The van der Waals surface area contributed by atoms with E-state index in [9.17, 15) is 4.79 Å². The lowest BCUT2D eigenvalue weighted by Gasteiger charge is -2.35. The summed E-state index contributed by atoms with van der Waals surface area (Å²) in [5.74, 6) is 1.24. The summed E-state index contributed by atoms with van der Waals surface area (Å²) in [4.78, 5) is 19.8. The molecule has 1 amide bonds. The first kappa shape index (κ1) is 15.4. The van der Waals surface area contributed by atoms with Crippen LogP contribution in [-0.4, -0.2) is 35.5 Å². The molecule has 0 bridgehead atoms. The normalized spacial score (nSPS) is 20.0. The standard InChI is InChI=1S/C18H20N2O3S/c1-12-11-24-17(19-12)14-6-2-3-8-20(14)18(21)13-5-4-7-15-16(13)23-10-9-22-15/h4-5,7,11,14H,2-3,6,8-10H2,1H3. The average molecular weight is 344 g/mol. The van der Waals surface area contributed by atoms with Gasteiger partial charge in [0.05, 0.1) is 11.6 Å². The van der Waals surface area contributed by atoms with Crippen LogP contribution >= 0.6 is 11.3 Å². The lowest BCUT2D eigenvalue weighted by molar-refractivity contribution is 0.0601. The van der Waals surface area contributed by atoms with Crippen LogP contribution in [0.3, 0.4) is 0 Å². The number of nitrogens with zero attached hydrogens (tertiary/aromatic N) is 2. The van der Waals surface area contributed by atoms with Gasteiger partial charge in [-0.2, -0.15) is 0 Å². The molecule has 1 atom stereocenters. The van der Waals surface area contributed by atoms with Crippen LogP contribution in [0.15, 0.2) is 23.6 Å². The van der Waals surface area contributed by atoms with Gasteiger partial charge >= 0.3 is 0 Å². The molecule has 0 saturated carbocycles. The van der Waals surface area contributed by atoms with Gasteiger partial charge in [-0.15, -0.1) is 11.3 Å². The van der Waals surface area contributed by atoms with E-state index in [1.54, 1.807) is 11.3 Å². The summed E-state index contributed by atoms with van der Waals surface area (Å²) in [6.45, 7) is 3.75. The molecule has 0 spiro atoms. The van der Waals surface area contributed by atoms with Gasteiger partial charge in [-0.1, -0.05) is 6.07 Å². The summed E-state index contributed by atoms with van der Waals surface area (Å²) >= 11 is 1.64. The molecular formula is C18H20N2O3S. The Labute approximate surface area is 145 Å². The largest absolute Gasteiger partial charge is 0.486 e. The van der Waals surface area contributed by atoms with Crippen molar-refractivity contribution < 1.29 is 14.3 Å². The molecule has 0 N–H and O–H groups in total. The third-order valence-electron chi connectivity index (χ3n) is 4.48. The Bertz CT molecular complexity index is 758. The van der Waals surface area contributed by atoms with Gasteiger partial charge in [0.15, 0.2) is 11.5 Å². The third kappa shape index (κ3) is 2.75.